The van der Waals surface area contributed by atoms with Crippen LogP contribution in [0.5, 0.6) is 11.5 Å². The molecule has 0 aromatic heterocycles. The molecule has 1 aromatic rings. The summed E-state index contributed by atoms with van der Waals surface area (Å²) in [5, 5.41) is 9.41. The van der Waals surface area contributed by atoms with E-state index in [1.54, 1.807) is 18.2 Å². The van der Waals surface area contributed by atoms with Crippen LogP contribution in [-0.4, -0.2) is 29.6 Å². The number of hydrogen-bond donors (Lipinski definition) is 1. The van der Waals surface area contributed by atoms with E-state index in [4.69, 9.17) is 9.47 Å². The Hall–Kier alpha value is -2.30. The SMILES string of the molecule is O=C1CCOc2cc(OC(CCC3=CCCCC3)C(=O)O)ccc21. The van der Waals surface area contributed by atoms with E-state index in [2.05, 4.69) is 6.08 Å². The van der Waals surface area contributed by atoms with Crippen LogP contribution in [0.1, 0.15) is 55.3 Å². The highest BCUT2D eigenvalue weighted by atomic mass is 16.5. The average molecular weight is 330 g/mol. The van der Waals surface area contributed by atoms with Gasteiger partial charge in [-0.2, -0.15) is 0 Å². The number of allylic oxidation sites excluding steroid dienone is 2. The van der Waals surface area contributed by atoms with E-state index in [9.17, 15) is 14.7 Å². The van der Waals surface area contributed by atoms with E-state index >= 15 is 0 Å². The van der Waals surface area contributed by atoms with E-state index in [-0.39, 0.29) is 5.78 Å². The second-order valence-corrected chi connectivity index (χ2v) is 6.27. The molecule has 0 spiro atoms. The van der Waals surface area contributed by atoms with Gasteiger partial charge in [-0.1, -0.05) is 11.6 Å². The number of aliphatic carboxylic acids is 1. The van der Waals surface area contributed by atoms with Gasteiger partial charge in [0.1, 0.15) is 11.5 Å². The van der Waals surface area contributed by atoms with Crippen molar-refractivity contribution in [2.75, 3.05) is 6.61 Å². The van der Waals surface area contributed by atoms with Crippen LogP contribution in [0.2, 0.25) is 0 Å². The van der Waals surface area contributed by atoms with Crippen molar-refractivity contribution in [1.29, 1.82) is 0 Å². The van der Waals surface area contributed by atoms with Crippen molar-refractivity contribution in [2.24, 2.45) is 0 Å². The van der Waals surface area contributed by atoms with Crippen LogP contribution in [0.15, 0.2) is 29.8 Å². The Morgan fingerprint density at radius 3 is 2.92 bits per heavy atom. The number of rotatable bonds is 6. The predicted molar refractivity (Wildman–Crippen MR) is 88.7 cm³/mol. The quantitative estimate of drug-likeness (QED) is 0.804. The standard InChI is InChI=1S/C19H22O5/c20-16-10-11-23-18-12-14(7-8-15(16)18)24-17(19(21)22)9-6-13-4-2-1-3-5-13/h4,7-8,12,17H,1-3,5-6,9-11H2,(H,21,22). The molecule has 5 nitrogen and oxygen atoms in total. The lowest BCUT2D eigenvalue weighted by molar-refractivity contribution is -0.145. The highest BCUT2D eigenvalue weighted by Gasteiger charge is 2.23. The summed E-state index contributed by atoms with van der Waals surface area (Å²) in [6, 6.07) is 4.90. The van der Waals surface area contributed by atoms with Crippen LogP contribution in [0.4, 0.5) is 0 Å². The monoisotopic (exact) mass is 330 g/mol. The van der Waals surface area contributed by atoms with Gasteiger partial charge in [0.2, 0.25) is 0 Å². The molecule has 3 rings (SSSR count). The maximum atomic E-state index is 11.8. The third-order valence-corrected chi connectivity index (χ3v) is 4.51. The zero-order valence-electron chi connectivity index (χ0n) is 13.6. The van der Waals surface area contributed by atoms with Gasteiger partial charge in [-0.3, -0.25) is 4.79 Å². The van der Waals surface area contributed by atoms with E-state index in [0.717, 1.165) is 19.3 Å². The maximum absolute atomic E-state index is 11.8. The fourth-order valence-electron chi connectivity index (χ4n) is 3.16. The van der Waals surface area contributed by atoms with Crippen LogP contribution < -0.4 is 9.47 Å². The molecule has 2 aliphatic rings. The fourth-order valence-corrected chi connectivity index (χ4v) is 3.16. The maximum Gasteiger partial charge on any atom is 0.344 e. The minimum atomic E-state index is -0.971. The lowest BCUT2D eigenvalue weighted by Gasteiger charge is -2.20. The molecule has 0 bridgehead atoms. The number of ketones is 1. The molecule has 0 fully saturated rings. The number of fused-ring (bicyclic) bond motifs is 1. The molecular formula is C19H22O5. The molecule has 1 atom stereocenters. The van der Waals surface area contributed by atoms with Crippen LogP contribution in [0, 0.1) is 0 Å². The first kappa shape index (κ1) is 16.6. The molecule has 128 valence electrons. The molecule has 1 N–H and O–H groups in total. The molecule has 0 radical (unpaired) electrons. The molecule has 1 aromatic carbocycles. The summed E-state index contributed by atoms with van der Waals surface area (Å²) in [4.78, 5) is 23.3. The normalized spacial score (nSPS) is 18.2. The number of Topliss-reactive ketones (excluding diaryl/α,β-unsaturated/α-hetero) is 1. The summed E-state index contributed by atoms with van der Waals surface area (Å²) >= 11 is 0. The third kappa shape index (κ3) is 3.96. The number of benzene rings is 1. The molecule has 0 saturated heterocycles. The lowest BCUT2D eigenvalue weighted by atomic mass is 9.95. The number of carboxylic acid groups (broad SMARTS) is 1. The Bertz CT molecular complexity index is 662. The lowest BCUT2D eigenvalue weighted by Crippen LogP contribution is -2.27. The summed E-state index contributed by atoms with van der Waals surface area (Å²) in [6.07, 6.45) is 7.43. The first-order chi connectivity index (χ1) is 11.6. The van der Waals surface area contributed by atoms with Gasteiger partial charge in [-0.05, 0) is 50.7 Å². The van der Waals surface area contributed by atoms with Gasteiger partial charge in [-0.25, -0.2) is 4.79 Å². The zero-order chi connectivity index (χ0) is 16.9. The summed E-state index contributed by atoms with van der Waals surface area (Å²) in [7, 11) is 0. The van der Waals surface area contributed by atoms with Gasteiger partial charge in [0.15, 0.2) is 11.9 Å². The first-order valence-corrected chi connectivity index (χ1v) is 8.51. The molecule has 1 aliphatic carbocycles. The Labute approximate surface area is 141 Å². The third-order valence-electron chi connectivity index (χ3n) is 4.51. The van der Waals surface area contributed by atoms with E-state index in [1.165, 1.54) is 18.4 Å². The summed E-state index contributed by atoms with van der Waals surface area (Å²) in [6.45, 7) is 0.353. The predicted octanol–water partition coefficient (Wildman–Crippen LogP) is 3.76. The topological polar surface area (TPSA) is 72.8 Å². The number of hydrogen-bond acceptors (Lipinski definition) is 4. The molecule has 5 heteroatoms. The minimum Gasteiger partial charge on any atom is -0.492 e. The molecular weight excluding hydrogens is 308 g/mol. The summed E-state index contributed by atoms with van der Waals surface area (Å²) in [5.41, 5.74) is 1.86. The van der Waals surface area contributed by atoms with Crippen molar-refractivity contribution < 1.29 is 24.2 Å². The van der Waals surface area contributed by atoms with Gasteiger partial charge in [0.05, 0.1) is 12.2 Å². The largest absolute Gasteiger partial charge is 0.492 e. The van der Waals surface area contributed by atoms with Gasteiger partial charge in [0, 0.05) is 12.5 Å². The van der Waals surface area contributed by atoms with Crippen LogP contribution in [-0.2, 0) is 4.79 Å². The highest BCUT2D eigenvalue weighted by Crippen LogP contribution is 2.30. The van der Waals surface area contributed by atoms with E-state index in [0.29, 0.717) is 36.5 Å². The van der Waals surface area contributed by atoms with Gasteiger partial charge < -0.3 is 14.6 Å². The first-order valence-electron chi connectivity index (χ1n) is 8.51. The van der Waals surface area contributed by atoms with Crippen molar-refractivity contribution in [3.05, 3.63) is 35.4 Å². The molecule has 1 unspecified atom stereocenters. The second kappa shape index (κ2) is 7.51. The van der Waals surface area contributed by atoms with Crippen molar-refractivity contribution in [3.8, 4) is 11.5 Å². The van der Waals surface area contributed by atoms with Gasteiger partial charge in [0.25, 0.3) is 0 Å². The van der Waals surface area contributed by atoms with Crippen molar-refractivity contribution >= 4 is 11.8 Å². The molecule has 1 aliphatic heterocycles. The number of carbonyl (C=O) groups is 2. The summed E-state index contributed by atoms with van der Waals surface area (Å²) < 4.78 is 11.1. The number of carboxylic acids is 1. The molecule has 1 heterocycles. The average Bonchev–Trinajstić information content (AvgIpc) is 2.59. The van der Waals surface area contributed by atoms with Gasteiger partial charge in [-0.15, -0.1) is 0 Å². The Balaban J connectivity index is 1.66. The van der Waals surface area contributed by atoms with Crippen LogP contribution >= 0.6 is 0 Å². The Morgan fingerprint density at radius 1 is 1.29 bits per heavy atom. The molecule has 24 heavy (non-hydrogen) atoms. The van der Waals surface area contributed by atoms with Crippen molar-refractivity contribution in [1.82, 2.24) is 0 Å². The van der Waals surface area contributed by atoms with E-state index < -0.39 is 12.1 Å². The van der Waals surface area contributed by atoms with Gasteiger partial charge >= 0.3 is 5.97 Å². The second-order valence-electron chi connectivity index (χ2n) is 6.27. The highest BCUT2D eigenvalue weighted by molar-refractivity contribution is 5.99. The minimum absolute atomic E-state index is 0.0434. The summed E-state index contributed by atoms with van der Waals surface area (Å²) in [5.74, 6) is -0.0284. The van der Waals surface area contributed by atoms with E-state index in [1.807, 2.05) is 0 Å². The number of carbonyl (C=O) groups excluding carboxylic acids is 1. The van der Waals surface area contributed by atoms with Crippen LogP contribution in [0.3, 0.4) is 0 Å². The van der Waals surface area contributed by atoms with Crippen molar-refractivity contribution in [2.45, 2.75) is 51.0 Å². The smallest absolute Gasteiger partial charge is 0.344 e. The van der Waals surface area contributed by atoms with Crippen LogP contribution in [0.25, 0.3) is 0 Å². The molecule has 0 saturated carbocycles. The Kier molecular flexibility index (Phi) is 5.18. The molecule has 0 amide bonds. The number of ether oxygens (including phenoxy) is 2. The zero-order valence-corrected chi connectivity index (χ0v) is 13.6. The fraction of sp³-hybridized carbons (Fsp3) is 0.474. The van der Waals surface area contributed by atoms with Crippen molar-refractivity contribution in [3.63, 3.8) is 0 Å². The Morgan fingerprint density at radius 2 is 2.17 bits per heavy atom.